The molecule has 0 aliphatic heterocycles. The summed E-state index contributed by atoms with van der Waals surface area (Å²) in [6.07, 6.45) is 1.11. The topological polar surface area (TPSA) is 87.7 Å². The Morgan fingerprint density at radius 3 is 2.67 bits per heavy atom. The lowest BCUT2D eigenvalue weighted by atomic mass is 10.2. The Morgan fingerprint density at radius 1 is 1.33 bits per heavy atom. The van der Waals surface area contributed by atoms with E-state index in [4.69, 9.17) is 4.74 Å². The minimum absolute atomic E-state index is 0.101. The van der Waals surface area contributed by atoms with E-state index in [1.165, 1.54) is 7.11 Å². The van der Waals surface area contributed by atoms with E-state index in [-0.39, 0.29) is 5.75 Å². The Hall–Kier alpha value is -1.31. The molecule has 1 aromatic carbocycles. The van der Waals surface area contributed by atoms with Crippen molar-refractivity contribution in [3.05, 3.63) is 23.8 Å². The van der Waals surface area contributed by atoms with Crippen LogP contribution in [0.1, 0.15) is 5.56 Å². The summed E-state index contributed by atoms with van der Waals surface area (Å²) in [5.74, 6) is 0.520. The van der Waals surface area contributed by atoms with Crippen molar-refractivity contribution in [2.24, 2.45) is 0 Å². The molecule has 0 amide bonds. The summed E-state index contributed by atoms with van der Waals surface area (Å²) in [6, 6.07) is 5.23. The highest BCUT2D eigenvalue weighted by Crippen LogP contribution is 2.28. The van der Waals surface area contributed by atoms with Crippen LogP contribution in [0.2, 0.25) is 0 Å². The van der Waals surface area contributed by atoms with Crippen LogP contribution in [0.5, 0.6) is 11.5 Å². The summed E-state index contributed by atoms with van der Waals surface area (Å²) in [4.78, 5) is 0. The molecule has 0 heterocycles. The van der Waals surface area contributed by atoms with E-state index >= 15 is 0 Å². The molecule has 0 unspecified atom stereocenters. The quantitative estimate of drug-likeness (QED) is 0.611. The first-order valence-electron chi connectivity index (χ1n) is 5.44. The first-order chi connectivity index (χ1) is 8.44. The van der Waals surface area contributed by atoms with Crippen LogP contribution in [0.4, 0.5) is 0 Å². The van der Waals surface area contributed by atoms with Crippen LogP contribution in [-0.4, -0.2) is 40.0 Å². The van der Waals surface area contributed by atoms with E-state index in [1.807, 2.05) is 0 Å². The van der Waals surface area contributed by atoms with Gasteiger partial charge in [-0.15, -0.1) is 0 Å². The smallest absolute Gasteiger partial charge is 0.208 e. The minimum atomic E-state index is -3.15. The number of aromatic hydroxyl groups is 1. The summed E-state index contributed by atoms with van der Waals surface area (Å²) in [5, 5.41) is 12.8. The van der Waals surface area contributed by atoms with E-state index < -0.39 is 10.0 Å². The van der Waals surface area contributed by atoms with Gasteiger partial charge >= 0.3 is 0 Å². The van der Waals surface area contributed by atoms with Gasteiger partial charge in [0.25, 0.3) is 0 Å². The molecule has 1 rings (SSSR count). The fourth-order valence-corrected chi connectivity index (χ4v) is 1.90. The van der Waals surface area contributed by atoms with Gasteiger partial charge in [0.15, 0.2) is 11.5 Å². The molecule has 6 nitrogen and oxygen atoms in total. The molecule has 0 fully saturated rings. The second-order valence-corrected chi connectivity index (χ2v) is 5.64. The zero-order valence-electron chi connectivity index (χ0n) is 10.4. The van der Waals surface area contributed by atoms with Crippen molar-refractivity contribution >= 4 is 10.0 Å². The van der Waals surface area contributed by atoms with Gasteiger partial charge in [-0.3, -0.25) is 0 Å². The van der Waals surface area contributed by atoms with Crippen molar-refractivity contribution in [1.82, 2.24) is 10.0 Å². The fraction of sp³-hybridized carbons (Fsp3) is 0.455. The lowest BCUT2D eigenvalue weighted by Gasteiger charge is -2.09. The maximum Gasteiger partial charge on any atom is 0.208 e. The lowest BCUT2D eigenvalue weighted by molar-refractivity contribution is 0.369. The van der Waals surface area contributed by atoms with Crippen molar-refractivity contribution in [3.63, 3.8) is 0 Å². The summed E-state index contributed by atoms with van der Waals surface area (Å²) in [7, 11) is -1.66. The number of para-hydroxylation sites is 1. The predicted octanol–water partition coefficient (Wildman–Crippen LogP) is 0.0396. The molecule has 3 N–H and O–H groups in total. The maximum atomic E-state index is 10.8. The number of benzene rings is 1. The number of rotatable bonds is 7. The van der Waals surface area contributed by atoms with Gasteiger partial charge in [0.1, 0.15) is 0 Å². The monoisotopic (exact) mass is 274 g/mol. The largest absolute Gasteiger partial charge is 0.504 e. The fourth-order valence-electron chi connectivity index (χ4n) is 1.42. The normalized spacial score (nSPS) is 11.4. The van der Waals surface area contributed by atoms with Gasteiger partial charge in [-0.2, -0.15) is 0 Å². The molecule has 0 saturated heterocycles. The van der Waals surface area contributed by atoms with Crippen LogP contribution >= 0.6 is 0 Å². The van der Waals surface area contributed by atoms with Crippen LogP contribution in [0.3, 0.4) is 0 Å². The summed E-state index contributed by atoms with van der Waals surface area (Å²) < 4.78 is 29.0. The summed E-state index contributed by atoms with van der Waals surface area (Å²) in [5.41, 5.74) is 0.703. The molecule has 0 atom stereocenters. The number of phenolic OH excluding ortho intramolecular Hbond substituents is 1. The van der Waals surface area contributed by atoms with Gasteiger partial charge in [-0.05, 0) is 6.07 Å². The second-order valence-electron chi connectivity index (χ2n) is 3.81. The van der Waals surface area contributed by atoms with Crippen molar-refractivity contribution in [3.8, 4) is 11.5 Å². The van der Waals surface area contributed by atoms with Gasteiger partial charge in [-0.1, -0.05) is 12.1 Å². The molecule has 7 heteroatoms. The van der Waals surface area contributed by atoms with Gasteiger partial charge < -0.3 is 15.2 Å². The van der Waals surface area contributed by atoms with Gasteiger partial charge in [-0.25, -0.2) is 13.1 Å². The predicted molar refractivity (Wildman–Crippen MR) is 69.2 cm³/mol. The Balaban J connectivity index is 2.40. The number of hydrogen-bond acceptors (Lipinski definition) is 5. The van der Waals surface area contributed by atoms with Crippen molar-refractivity contribution in [2.45, 2.75) is 6.54 Å². The van der Waals surface area contributed by atoms with Crippen molar-refractivity contribution < 1.29 is 18.3 Å². The molecule has 0 aliphatic rings. The SMILES string of the molecule is COc1cccc(CNCCNS(C)(=O)=O)c1O. The Morgan fingerprint density at radius 2 is 2.06 bits per heavy atom. The average molecular weight is 274 g/mol. The van der Waals surface area contributed by atoms with Crippen LogP contribution < -0.4 is 14.8 Å². The molecule has 0 aliphatic carbocycles. The van der Waals surface area contributed by atoms with Gasteiger partial charge in [0, 0.05) is 25.2 Å². The first kappa shape index (κ1) is 14.7. The third-order valence-electron chi connectivity index (χ3n) is 2.28. The molecule has 1 aromatic rings. The highest BCUT2D eigenvalue weighted by Gasteiger charge is 2.06. The molecule has 102 valence electrons. The third-order valence-corrected chi connectivity index (χ3v) is 3.01. The molecular formula is C11H18N2O4S. The van der Waals surface area contributed by atoms with Gasteiger partial charge in [0.05, 0.1) is 13.4 Å². The average Bonchev–Trinajstić information content (AvgIpc) is 2.29. The van der Waals surface area contributed by atoms with Crippen molar-refractivity contribution in [1.29, 1.82) is 0 Å². The molecule has 18 heavy (non-hydrogen) atoms. The zero-order valence-corrected chi connectivity index (χ0v) is 11.3. The molecule has 0 radical (unpaired) electrons. The summed E-state index contributed by atoms with van der Waals surface area (Å²) >= 11 is 0. The second kappa shape index (κ2) is 6.58. The zero-order chi connectivity index (χ0) is 13.6. The highest BCUT2D eigenvalue weighted by molar-refractivity contribution is 7.88. The van der Waals surface area contributed by atoms with Crippen LogP contribution in [0.25, 0.3) is 0 Å². The lowest BCUT2D eigenvalue weighted by Crippen LogP contribution is -2.30. The molecule has 0 bridgehead atoms. The van der Waals surface area contributed by atoms with Crippen LogP contribution in [0.15, 0.2) is 18.2 Å². The number of ether oxygens (including phenoxy) is 1. The Bertz CT molecular complexity index is 488. The summed E-state index contributed by atoms with van der Waals surface area (Å²) in [6.45, 7) is 1.22. The number of sulfonamides is 1. The Labute approximate surface area is 107 Å². The number of nitrogens with one attached hydrogen (secondary N) is 2. The van der Waals surface area contributed by atoms with E-state index in [9.17, 15) is 13.5 Å². The highest BCUT2D eigenvalue weighted by atomic mass is 32.2. The van der Waals surface area contributed by atoms with E-state index in [1.54, 1.807) is 18.2 Å². The van der Waals surface area contributed by atoms with Gasteiger partial charge in [0.2, 0.25) is 10.0 Å². The number of methoxy groups -OCH3 is 1. The van der Waals surface area contributed by atoms with Crippen LogP contribution in [0, 0.1) is 0 Å². The molecular weight excluding hydrogens is 256 g/mol. The number of hydrogen-bond donors (Lipinski definition) is 3. The standard InChI is InChI=1S/C11H18N2O4S/c1-17-10-5-3-4-9(11(10)14)8-12-6-7-13-18(2,15)16/h3-5,12-14H,6-8H2,1-2H3. The maximum absolute atomic E-state index is 10.8. The molecule has 0 saturated carbocycles. The first-order valence-corrected chi connectivity index (χ1v) is 7.33. The van der Waals surface area contributed by atoms with Crippen molar-refractivity contribution in [2.75, 3.05) is 26.5 Å². The number of phenols is 1. The van der Waals surface area contributed by atoms with Crippen LogP contribution in [-0.2, 0) is 16.6 Å². The van der Waals surface area contributed by atoms with E-state index in [0.717, 1.165) is 6.26 Å². The van der Waals surface area contributed by atoms with E-state index in [0.29, 0.717) is 30.9 Å². The third kappa shape index (κ3) is 4.91. The molecule has 0 aromatic heterocycles. The molecule has 0 spiro atoms. The van der Waals surface area contributed by atoms with E-state index in [2.05, 4.69) is 10.0 Å². The Kier molecular flexibility index (Phi) is 5.39. The minimum Gasteiger partial charge on any atom is -0.504 e.